The van der Waals surface area contributed by atoms with Crippen molar-refractivity contribution < 1.29 is 9.47 Å². The number of likely N-dealkylation sites (N-methyl/N-ethyl adjacent to an activating group) is 1. The van der Waals surface area contributed by atoms with Crippen LogP contribution in [-0.4, -0.2) is 102 Å². The molecule has 0 bridgehead atoms. The van der Waals surface area contributed by atoms with E-state index in [0.29, 0.717) is 5.92 Å². The van der Waals surface area contributed by atoms with E-state index in [1.807, 2.05) is 0 Å². The molecule has 8 heteroatoms. The van der Waals surface area contributed by atoms with Crippen LogP contribution >= 0.6 is 24.0 Å². The fourth-order valence-corrected chi connectivity index (χ4v) is 3.70. The van der Waals surface area contributed by atoms with Crippen molar-refractivity contribution in [3.8, 4) is 0 Å². The van der Waals surface area contributed by atoms with Gasteiger partial charge in [0, 0.05) is 59.2 Å². The summed E-state index contributed by atoms with van der Waals surface area (Å²) in [6.07, 6.45) is 5.69. The molecule has 0 aromatic rings. The van der Waals surface area contributed by atoms with Crippen molar-refractivity contribution in [3.63, 3.8) is 0 Å². The number of halogens is 1. The average molecular weight is 526 g/mol. The molecule has 0 saturated carbocycles. The first-order chi connectivity index (χ1) is 13.8. The third-order valence-corrected chi connectivity index (χ3v) is 5.51. The molecule has 2 aliphatic heterocycles. The number of ether oxygens (including phenoxy) is 2. The molecule has 0 unspecified atom stereocenters. The highest BCUT2D eigenvalue weighted by atomic mass is 127. The first-order valence-electron chi connectivity index (χ1n) is 11.4. The van der Waals surface area contributed by atoms with Crippen molar-refractivity contribution in [1.82, 2.24) is 20.4 Å². The van der Waals surface area contributed by atoms with Gasteiger partial charge in [-0.05, 0) is 71.6 Å². The highest BCUT2D eigenvalue weighted by molar-refractivity contribution is 14.0. The summed E-state index contributed by atoms with van der Waals surface area (Å²) in [6.45, 7) is 14.2. The molecule has 0 aliphatic carbocycles. The van der Waals surface area contributed by atoms with Gasteiger partial charge in [-0.3, -0.25) is 4.99 Å². The van der Waals surface area contributed by atoms with Crippen LogP contribution in [0.1, 0.15) is 39.0 Å². The first kappa shape index (κ1) is 26.9. The molecule has 0 spiro atoms. The van der Waals surface area contributed by atoms with Crippen LogP contribution in [0.4, 0.5) is 0 Å². The Balaban J connectivity index is 0.00000420. The average Bonchev–Trinajstić information content (AvgIpc) is 2.92. The molecule has 7 nitrogen and oxygen atoms in total. The summed E-state index contributed by atoms with van der Waals surface area (Å²) in [6, 6.07) is 0. The lowest BCUT2D eigenvalue weighted by Gasteiger charge is -2.21. The highest BCUT2D eigenvalue weighted by Crippen LogP contribution is 2.14. The Hall–Kier alpha value is -0.160. The number of nitrogens with one attached hydrogen (secondary N) is 2. The molecule has 172 valence electrons. The van der Waals surface area contributed by atoms with Gasteiger partial charge in [0.05, 0.1) is 0 Å². The Morgan fingerprint density at radius 1 is 1.10 bits per heavy atom. The van der Waals surface area contributed by atoms with Crippen molar-refractivity contribution in [1.29, 1.82) is 0 Å². The molecule has 2 saturated heterocycles. The Kier molecular flexibility index (Phi) is 16.2. The zero-order valence-corrected chi connectivity index (χ0v) is 21.0. The minimum Gasteiger partial charge on any atom is -0.381 e. The number of hydrogen-bond donors (Lipinski definition) is 2. The minimum atomic E-state index is 0. The second-order valence-corrected chi connectivity index (χ2v) is 8.02. The lowest BCUT2D eigenvalue weighted by molar-refractivity contribution is 0.0205. The van der Waals surface area contributed by atoms with E-state index in [1.54, 1.807) is 0 Å². The fourth-order valence-electron chi connectivity index (χ4n) is 3.70. The molecular formula is C21H44IN5O2. The van der Waals surface area contributed by atoms with Crippen LogP contribution in [0.15, 0.2) is 4.99 Å². The zero-order chi connectivity index (χ0) is 19.9. The van der Waals surface area contributed by atoms with Gasteiger partial charge in [0.1, 0.15) is 0 Å². The molecule has 2 fully saturated rings. The molecule has 0 atom stereocenters. The van der Waals surface area contributed by atoms with E-state index >= 15 is 0 Å². The molecule has 2 N–H and O–H groups in total. The van der Waals surface area contributed by atoms with Gasteiger partial charge in [-0.1, -0.05) is 0 Å². The second kappa shape index (κ2) is 17.5. The number of guanidine groups is 1. The van der Waals surface area contributed by atoms with Gasteiger partial charge in [-0.25, -0.2) is 0 Å². The smallest absolute Gasteiger partial charge is 0.191 e. The van der Waals surface area contributed by atoms with Gasteiger partial charge in [0.2, 0.25) is 0 Å². The fraction of sp³-hybridized carbons (Fsp3) is 0.952. The summed E-state index contributed by atoms with van der Waals surface area (Å²) in [5, 5.41) is 6.82. The predicted octanol–water partition coefficient (Wildman–Crippen LogP) is 2.02. The maximum absolute atomic E-state index is 5.82. The summed E-state index contributed by atoms with van der Waals surface area (Å²) in [5.41, 5.74) is 0. The lowest BCUT2D eigenvalue weighted by Crippen LogP contribution is -2.39. The van der Waals surface area contributed by atoms with Crippen LogP contribution in [0, 0.1) is 5.92 Å². The van der Waals surface area contributed by atoms with E-state index in [0.717, 1.165) is 77.7 Å². The van der Waals surface area contributed by atoms with Crippen LogP contribution in [0.2, 0.25) is 0 Å². The number of aliphatic imine (C=N–C) groups is 1. The predicted molar refractivity (Wildman–Crippen MR) is 132 cm³/mol. The minimum absolute atomic E-state index is 0. The maximum atomic E-state index is 5.82. The van der Waals surface area contributed by atoms with Gasteiger partial charge in [0.25, 0.3) is 0 Å². The van der Waals surface area contributed by atoms with Gasteiger partial charge < -0.3 is 29.9 Å². The van der Waals surface area contributed by atoms with Crippen LogP contribution in [0.3, 0.4) is 0 Å². The van der Waals surface area contributed by atoms with Crippen LogP contribution in [0.5, 0.6) is 0 Å². The summed E-state index contributed by atoms with van der Waals surface area (Å²) in [5.74, 6) is 1.61. The quantitative estimate of drug-likeness (QED) is 0.186. The Labute approximate surface area is 195 Å². The Bertz CT molecular complexity index is 422. The topological polar surface area (TPSA) is 61.4 Å². The SMILES string of the molecule is CCNC(=NCCCOCC1CCOCC1)NCCCN1CCCN(C)CC1.I. The molecule has 2 heterocycles. The van der Waals surface area contributed by atoms with E-state index in [1.165, 1.54) is 39.1 Å². The highest BCUT2D eigenvalue weighted by Gasteiger charge is 2.13. The van der Waals surface area contributed by atoms with E-state index in [2.05, 4.69) is 39.4 Å². The molecule has 2 aliphatic rings. The molecule has 2 rings (SSSR count). The maximum Gasteiger partial charge on any atom is 0.191 e. The van der Waals surface area contributed by atoms with E-state index in [9.17, 15) is 0 Å². The first-order valence-corrected chi connectivity index (χ1v) is 11.4. The van der Waals surface area contributed by atoms with Crippen LogP contribution in [0.25, 0.3) is 0 Å². The molecule has 29 heavy (non-hydrogen) atoms. The third-order valence-electron chi connectivity index (χ3n) is 5.51. The van der Waals surface area contributed by atoms with Crippen molar-refractivity contribution >= 4 is 29.9 Å². The van der Waals surface area contributed by atoms with E-state index < -0.39 is 0 Å². The third kappa shape index (κ3) is 13.0. The van der Waals surface area contributed by atoms with E-state index in [-0.39, 0.29) is 24.0 Å². The van der Waals surface area contributed by atoms with E-state index in [4.69, 9.17) is 9.47 Å². The van der Waals surface area contributed by atoms with Gasteiger partial charge in [-0.15, -0.1) is 24.0 Å². The van der Waals surface area contributed by atoms with Gasteiger partial charge in [-0.2, -0.15) is 0 Å². The zero-order valence-electron chi connectivity index (χ0n) is 18.7. The van der Waals surface area contributed by atoms with Crippen LogP contribution < -0.4 is 10.6 Å². The standard InChI is InChI=1S/C21H43N5O2.HI/c1-3-22-21(23-9-4-12-26-13-6-11-25(2)14-15-26)24-10-5-16-28-19-20-7-17-27-18-8-20;/h20H,3-19H2,1-2H3,(H2,22,23,24);1H. The van der Waals surface area contributed by atoms with Crippen LogP contribution in [-0.2, 0) is 9.47 Å². The molecule has 0 aromatic heterocycles. The van der Waals surface area contributed by atoms with Crippen molar-refractivity contribution in [2.45, 2.75) is 39.0 Å². The summed E-state index contributed by atoms with van der Waals surface area (Å²) in [7, 11) is 2.22. The molecular weight excluding hydrogens is 481 g/mol. The summed E-state index contributed by atoms with van der Waals surface area (Å²) in [4.78, 5) is 9.70. The Morgan fingerprint density at radius 3 is 2.72 bits per heavy atom. The molecule has 0 radical (unpaired) electrons. The van der Waals surface area contributed by atoms with Gasteiger partial charge in [0.15, 0.2) is 5.96 Å². The van der Waals surface area contributed by atoms with Crippen molar-refractivity contribution in [3.05, 3.63) is 0 Å². The van der Waals surface area contributed by atoms with Gasteiger partial charge >= 0.3 is 0 Å². The Morgan fingerprint density at radius 2 is 1.93 bits per heavy atom. The monoisotopic (exact) mass is 525 g/mol. The molecule has 0 aromatic carbocycles. The molecule has 0 amide bonds. The number of hydrogen-bond acceptors (Lipinski definition) is 5. The number of rotatable bonds is 11. The second-order valence-electron chi connectivity index (χ2n) is 8.02. The van der Waals surface area contributed by atoms with Crippen molar-refractivity contribution in [2.75, 3.05) is 85.8 Å². The van der Waals surface area contributed by atoms with Crippen molar-refractivity contribution in [2.24, 2.45) is 10.9 Å². The lowest BCUT2D eigenvalue weighted by atomic mass is 10.0. The largest absolute Gasteiger partial charge is 0.381 e. The summed E-state index contributed by atoms with van der Waals surface area (Å²) < 4.78 is 11.2. The normalized spacial score (nSPS) is 20.1. The number of nitrogens with zero attached hydrogens (tertiary/aromatic N) is 3. The summed E-state index contributed by atoms with van der Waals surface area (Å²) >= 11 is 0.